The Hall–Kier alpha value is -3.23. The number of aryl methyl sites for hydroxylation is 2. The summed E-state index contributed by atoms with van der Waals surface area (Å²) in [5.41, 5.74) is 3.00. The third kappa shape index (κ3) is 10.9. The average Bonchev–Trinajstić information content (AvgIpc) is 2.99. The summed E-state index contributed by atoms with van der Waals surface area (Å²) in [5.74, 6) is 0.525. The van der Waals surface area contributed by atoms with Crippen LogP contribution in [0.4, 0.5) is 38.9 Å². The van der Waals surface area contributed by atoms with Crippen LogP contribution in [0.25, 0.3) is 0 Å². The van der Waals surface area contributed by atoms with E-state index in [1.54, 1.807) is 26.0 Å². The van der Waals surface area contributed by atoms with Gasteiger partial charge in [0.1, 0.15) is 11.5 Å². The van der Waals surface area contributed by atoms with E-state index in [-0.39, 0.29) is 91.8 Å². The van der Waals surface area contributed by atoms with Crippen LogP contribution in [-0.4, -0.2) is 105 Å². The smallest absolute Gasteiger partial charge is 0.323 e. The van der Waals surface area contributed by atoms with Crippen molar-refractivity contribution < 1.29 is 40.2 Å². The van der Waals surface area contributed by atoms with Crippen molar-refractivity contribution in [1.82, 2.24) is 0 Å². The second-order valence-electron chi connectivity index (χ2n) is 9.60. The van der Waals surface area contributed by atoms with E-state index in [0.29, 0.717) is 33.9 Å². The monoisotopic (exact) mass is 714 g/mol. The molecule has 15 nitrogen and oxygen atoms in total. The van der Waals surface area contributed by atoms with Crippen LogP contribution in [0, 0.1) is 13.8 Å². The largest absolute Gasteiger partial charge is 0.494 e. The molecule has 0 aromatic heterocycles. The molecule has 19 heteroatoms. The number of nitrogens with zero attached hydrogens (tertiary/aromatic N) is 4. The van der Waals surface area contributed by atoms with Crippen LogP contribution >= 0.6 is 0 Å². The van der Waals surface area contributed by atoms with Gasteiger partial charge >= 0.3 is 6.03 Å². The van der Waals surface area contributed by atoms with E-state index in [9.17, 15) is 30.7 Å². The van der Waals surface area contributed by atoms with Crippen LogP contribution in [0.2, 0.25) is 0 Å². The van der Waals surface area contributed by atoms with Gasteiger partial charge in [0.05, 0.1) is 58.1 Å². The number of methoxy groups -OCH3 is 2. The van der Waals surface area contributed by atoms with Crippen LogP contribution in [-0.2, 0) is 20.2 Å². The van der Waals surface area contributed by atoms with Gasteiger partial charge in [-0.3, -0.25) is 9.11 Å². The predicted molar refractivity (Wildman–Crippen MR) is 180 cm³/mol. The van der Waals surface area contributed by atoms with Crippen LogP contribution in [0.15, 0.2) is 103 Å². The Morgan fingerprint density at radius 2 is 1.00 bits per heavy atom. The van der Waals surface area contributed by atoms with Crippen LogP contribution in [0.5, 0.6) is 11.5 Å². The quantitative estimate of drug-likeness (QED) is 0.0796. The molecule has 4 rings (SSSR count). The summed E-state index contributed by atoms with van der Waals surface area (Å²) < 4.78 is 75.0. The van der Waals surface area contributed by atoms with Crippen molar-refractivity contribution in [2.24, 2.45) is 20.5 Å². The SMILES string of the molecule is COc1cc(N=Nc2cccc(S(=O)(=O)O)c2)c(C)cc1NC(=O)Nc1cc(C)c(N=Nc2cccc(S(=O)(=O)O)c2)cc1OC.[Na].[Na]. The Kier molecular flexibility index (Phi) is 14.9. The number of benzene rings is 4. The van der Waals surface area contributed by atoms with Gasteiger partial charge in [0.25, 0.3) is 20.2 Å². The van der Waals surface area contributed by atoms with Crippen molar-refractivity contribution in [3.05, 3.63) is 83.9 Å². The standard InChI is InChI=1S/C29H28N6O9S2.2Na/c1-17-11-25(27(43-3)15-23(17)34-32-19-7-5-9-21(13-19)45(37,38)39)30-29(36)31-26-12-18(2)24(16-28(26)44-4)35-33-20-8-6-10-22(14-20)46(40,41)42;;/h5-16H,1-4H3,(H2,30,31,36)(H,37,38,39)(H,40,41,42);;. The molecule has 0 saturated heterocycles. The molecule has 4 aromatic carbocycles. The van der Waals surface area contributed by atoms with Crippen LogP contribution < -0.4 is 20.1 Å². The zero-order chi connectivity index (χ0) is 33.6. The van der Waals surface area contributed by atoms with E-state index in [4.69, 9.17) is 9.47 Å². The number of ether oxygens (including phenoxy) is 2. The number of hydrogen-bond donors (Lipinski definition) is 4. The average molecular weight is 715 g/mol. The fourth-order valence-electron chi connectivity index (χ4n) is 4.01. The number of azo groups is 2. The van der Waals surface area contributed by atoms with Gasteiger partial charge in [-0.25, -0.2) is 4.79 Å². The first-order chi connectivity index (χ1) is 21.7. The number of anilines is 2. The topological polar surface area (TPSA) is 218 Å². The molecular formula is C29H28N6Na2O9S2. The maximum atomic E-state index is 13.0. The molecule has 0 aliphatic rings. The van der Waals surface area contributed by atoms with Crippen molar-refractivity contribution in [3.63, 3.8) is 0 Å². The summed E-state index contributed by atoms with van der Waals surface area (Å²) in [4.78, 5) is 12.4. The summed E-state index contributed by atoms with van der Waals surface area (Å²) in [6, 6.07) is 16.3. The summed E-state index contributed by atoms with van der Waals surface area (Å²) in [6.07, 6.45) is 0. The summed E-state index contributed by atoms with van der Waals surface area (Å²) in [7, 11) is -6.00. The second kappa shape index (κ2) is 17.4. The summed E-state index contributed by atoms with van der Waals surface area (Å²) in [6.45, 7) is 3.45. The van der Waals surface area contributed by atoms with Crippen LogP contribution in [0.1, 0.15) is 11.1 Å². The molecule has 4 N–H and O–H groups in total. The van der Waals surface area contributed by atoms with Gasteiger partial charge in [0.2, 0.25) is 0 Å². The zero-order valence-electron chi connectivity index (χ0n) is 26.8. The zero-order valence-corrected chi connectivity index (χ0v) is 32.4. The normalized spacial score (nSPS) is 11.5. The van der Waals surface area contributed by atoms with Gasteiger partial charge < -0.3 is 20.1 Å². The van der Waals surface area contributed by atoms with E-state index in [1.165, 1.54) is 74.9 Å². The van der Waals surface area contributed by atoms with Crippen molar-refractivity contribution in [1.29, 1.82) is 0 Å². The number of nitrogens with one attached hydrogen (secondary N) is 2. The maximum Gasteiger partial charge on any atom is 0.323 e. The summed E-state index contributed by atoms with van der Waals surface area (Å²) in [5, 5.41) is 21.8. The van der Waals surface area contributed by atoms with Gasteiger partial charge in [-0.05, 0) is 73.5 Å². The van der Waals surface area contributed by atoms with E-state index >= 15 is 0 Å². The van der Waals surface area contributed by atoms with Crippen molar-refractivity contribution in [2.45, 2.75) is 23.6 Å². The van der Waals surface area contributed by atoms with E-state index in [1.807, 2.05) is 0 Å². The van der Waals surface area contributed by atoms with Gasteiger partial charge in [0.15, 0.2) is 0 Å². The first-order valence-corrected chi connectivity index (χ1v) is 16.0. The Bertz CT molecular complexity index is 1950. The maximum absolute atomic E-state index is 13.0. The molecule has 0 bridgehead atoms. The number of amides is 2. The molecule has 4 aromatic rings. The number of hydrogen-bond acceptors (Lipinski definition) is 11. The molecule has 0 aliphatic heterocycles. The van der Waals surface area contributed by atoms with Crippen molar-refractivity contribution in [2.75, 3.05) is 24.9 Å². The van der Waals surface area contributed by atoms with Crippen molar-refractivity contribution >= 4 is 120 Å². The molecule has 0 heterocycles. The second-order valence-corrected chi connectivity index (χ2v) is 12.4. The third-order valence-corrected chi connectivity index (χ3v) is 8.01. The van der Waals surface area contributed by atoms with Crippen molar-refractivity contribution in [3.8, 4) is 11.5 Å². The number of carbonyl (C=O) groups is 1. The number of rotatable bonds is 10. The molecular weight excluding hydrogens is 686 g/mol. The molecule has 0 saturated carbocycles. The van der Waals surface area contributed by atoms with Gasteiger partial charge in [0, 0.05) is 71.2 Å². The first-order valence-electron chi connectivity index (χ1n) is 13.1. The van der Waals surface area contributed by atoms with Gasteiger partial charge in [-0.15, -0.1) is 0 Å². The van der Waals surface area contributed by atoms with Crippen LogP contribution in [0.3, 0.4) is 0 Å². The fraction of sp³-hybridized carbons (Fsp3) is 0.138. The minimum Gasteiger partial charge on any atom is -0.494 e. The Morgan fingerprint density at radius 3 is 1.33 bits per heavy atom. The fourth-order valence-corrected chi connectivity index (χ4v) is 5.06. The molecule has 0 atom stereocenters. The predicted octanol–water partition coefficient (Wildman–Crippen LogP) is 6.53. The van der Waals surface area contributed by atoms with E-state index in [0.717, 1.165) is 0 Å². The van der Waals surface area contributed by atoms with Gasteiger partial charge in [-0.2, -0.15) is 37.3 Å². The molecule has 242 valence electrons. The first kappa shape index (κ1) is 40.9. The Balaban J connectivity index is 0.00000400. The minimum absolute atomic E-state index is 0. The molecule has 0 aliphatic carbocycles. The molecule has 0 unspecified atom stereocenters. The van der Waals surface area contributed by atoms with Gasteiger partial charge in [-0.1, -0.05) is 12.1 Å². The number of carbonyl (C=O) groups excluding carboxylic acids is 1. The molecule has 2 amide bonds. The Morgan fingerprint density at radius 1 is 0.625 bits per heavy atom. The molecule has 0 fully saturated rings. The molecule has 2 radical (unpaired) electrons. The summed E-state index contributed by atoms with van der Waals surface area (Å²) >= 11 is 0. The minimum atomic E-state index is -4.40. The molecule has 48 heavy (non-hydrogen) atoms. The number of urea groups is 1. The van der Waals surface area contributed by atoms with E-state index in [2.05, 4.69) is 31.1 Å². The van der Waals surface area contributed by atoms with E-state index < -0.39 is 26.3 Å². The molecule has 0 spiro atoms. The Labute approximate surface area is 321 Å². The third-order valence-electron chi connectivity index (χ3n) is 6.31.